The van der Waals surface area contributed by atoms with Crippen LogP contribution in [0.25, 0.3) is 11.4 Å². The highest BCUT2D eigenvalue weighted by atomic mass is 16.5. The van der Waals surface area contributed by atoms with Crippen molar-refractivity contribution in [2.75, 3.05) is 0 Å². The molecule has 1 unspecified atom stereocenters. The van der Waals surface area contributed by atoms with Crippen LogP contribution in [0.4, 0.5) is 0 Å². The minimum absolute atomic E-state index is 0.448. The zero-order chi connectivity index (χ0) is 11.4. The van der Waals surface area contributed by atoms with Crippen molar-refractivity contribution in [3.8, 4) is 11.4 Å². The van der Waals surface area contributed by atoms with Crippen molar-refractivity contribution in [2.45, 2.75) is 32.9 Å². The van der Waals surface area contributed by atoms with Gasteiger partial charge in [0, 0.05) is 6.04 Å². The maximum atomic E-state index is 5.12. The fourth-order valence-electron chi connectivity index (χ4n) is 1.24. The van der Waals surface area contributed by atoms with Crippen LogP contribution in [0.3, 0.4) is 0 Å². The van der Waals surface area contributed by atoms with Gasteiger partial charge in [-0.1, -0.05) is 12.1 Å². The Morgan fingerprint density at radius 1 is 1.50 bits per heavy atom. The van der Waals surface area contributed by atoms with Crippen LogP contribution < -0.4 is 5.32 Å². The van der Waals surface area contributed by atoms with Gasteiger partial charge in [0.05, 0.1) is 18.4 Å². The lowest BCUT2D eigenvalue weighted by Gasteiger charge is -2.07. The summed E-state index contributed by atoms with van der Waals surface area (Å²) in [4.78, 5) is 4.26. The third-order valence-electron chi connectivity index (χ3n) is 2.46. The van der Waals surface area contributed by atoms with Crippen LogP contribution in [-0.4, -0.2) is 16.2 Å². The van der Waals surface area contributed by atoms with E-state index < -0.39 is 0 Å². The lowest BCUT2D eigenvalue weighted by atomic mass is 10.2. The van der Waals surface area contributed by atoms with E-state index in [-0.39, 0.29) is 0 Å². The molecule has 0 aliphatic heterocycles. The van der Waals surface area contributed by atoms with E-state index in [1.807, 2.05) is 0 Å². The molecule has 0 amide bonds. The summed E-state index contributed by atoms with van der Waals surface area (Å²) in [5.74, 6) is 1.16. The summed E-state index contributed by atoms with van der Waals surface area (Å²) >= 11 is 0. The van der Waals surface area contributed by atoms with E-state index >= 15 is 0 Å². The van der Waals surface area contributed by atoms with Crippen LogP contribution in [0, 0.1) is 0 Å². The Labute approximate surface area is 93.8 Å². The molecule has 2 heterocycles. The Morgan fingerprint density at radius 2 is 2.38 bits per heavy atom. The molecular formula is C11H15N3O2. The quantitative estimate of drug-likeness (QED) is 0.838. The normalized spacial score (nSPS) is 12.9. The van der Waals surface area contributed by atoms with Gasteiger partial charge in [-0.25, -0.2) is 0 Å². The molecule has 0 spiro atoms. The van der Waals surface area contributed by atoms with Gasteiger partial charge in [0.2, 0.25) is 11.7 Å². The Morgan fingerprint density at radius 3 is 3.06 bits per heavy atom. The molecule has 0 bridgehead atoms. The summed E-state index contributed by atoms with van der Waals surface area (Å²) in [7, 11) is 0. The van der Waals surface area contributed by atoms with Gasteiger partial charge in [-0.2, -0.15) is 4.98 Å². The summed E-state index contributed by atoms with van der Waals surface area (Å²) in [5.41, 5.74) is 0.832. The molecule has 0 fully saturated rings. The first-order valence-corrected chi connectivity index (χ1v) is 5.38. The van der Waals surface area contributed by atoms with Gasteiger partial charge in [0.1, 0.15) is 6.26 Å². The second kappa shape index (κ2) is 4.94. The summed E-state index contributed by atoms with van der Waals surface area (Å²) in [6.45, 7) is 4.84. The number of furan rings is 1. The number of rotatable bonds is 5. The maximum Gasteiger partial charge on any atom is 0.240 e. The molecule has 1 atom stereocenters. The largest absolute Gasteiger partial charge is 0.472 e. The van der Waals surface area contributed by atoms with E-state index in [2.05, 4.69) is 29.3 Å². The van der Waals surface area contributed by atoms with E-state index in [0.717, 1.165) is 12.0 Å². The Balaban J connectivity index is 1.98. The van der Waals surface area contributed by atoms with E-state index in [1.165, 1.54) is 0 Å². The zero-order valence-corrected chi connectivity index (χ0v) is 9.43. The molecule has 2 aromatic rings. The molecule has 16 heavy (non-hydrogen) atoms. The monoisotopic (exact) mass is 221 g/mol. The third-order valence-corrected chi connectivity index (χ3v) is 2.46. The van der Waals surface area contributed by atoms with Gasteiger partial charge in [0.25, 0.3) is 0 Å². The van der Waals surface area contributed by atoms with E-state index in [1.54, 1.807) is 18.6 Å². The average Bonchev–Trinajstić information content (AvgIpc) is 2.95. The van der Waals surface area contributed by atoms with Gasteiger partial charge in [-0.05, 0) is 19.4 Å². The average molecular weight is 221 g/mol. The van der Waals surface area contributed by atoms with Gasteiger partial charge in [-0.3, -0.25) is 0 Å². The zero-order valence-electron chi connectivity index (χ0n) is 9.43. The second-order valence-electron chi connectivity index (χ2n) is 3.71. The number of hydrogen-bond donors (Lipinski definition) is 1. The lowest BCUT2D eigenvalue weighted by Crippen LogP contribution is -2.24. The molecule has 2 rings (SSSR count). The minimum Gasteiger partial charge on any atom is -0.472 e. The highest BCUT2D eigenvalue weighted by molar-refractivity contribution is 5.51. The van der Waals surface area contributed by atoms with Gasteiger partial charge in [0.15, 0.2) is 0 Å². The van der Waals surface area contributed by atoms with Crippen LogP contribution in [0.15, 0.2) is 27.5 Å². The lowest BCUT2D eigenvalue weighted by molar-refractivity contribution is 0.358. The van der Waals surface area contributed by atoms with Crippen molar-refractivity contribution >= 4 is 0 Å². The van der Waals surface area contributed by atoms with E-state index in [0.29, 0.717) is 24.3 Å². The Bertz CT molecular complexity index is 422. The van der Waals surface area contributed by atoms with Gasteiger partial charge in [-0.15, -0.1) is 0 Å². The van der Waals surface area contributed by atoms with E-state index in [4.69, 9.17) is 8.94 Å². The fourth-order valence-corrected chi connectivity index (χ4v) is 1.24. The summed E-state index contributed by atoms with van der Waals surface area (Å²) in [6.07, 6.45) is 4.25. The van der Waals surface area contributed by atoms with Crippen LogP contribution >= 0.6 is 0 Å². The summed E-state index contributed by atoms with van der Waals surface area (Å²) in [5, 5.41) is 7.16. The van der Waals surface area contributed by atoms with Crippen LogP contribution in [-0.2, 0) is 6.54 Å². The molecule has 1 N–H and O–H groups in total. The summed E-state index contributed by atoms with van der Waals surface area (Å²) < 4.78 is 10.1. The molecule has 0 saturated heterocycles. The Kier molecular flexibility index (Phi) is 3.36. The molecule has 0 aromatic carbocycles. The van der Waals surface area contributed by atoms with Crippen molar-refractivity contribution in [3.63, 3.8) is 0 Å². The van der Waals surface area contributed by atoms with Crippen molar-refractivity contribution < 1.29 is 8.94 Å². The molecule has 2 aromatic heterocycles. The standard InChI is InChI=1S/C11H15N3O2/c1-3-8(2)12-6-10-13-11(14-16-10)9-4-5-15-7-9/h4-5,7-8,12H,3,6H2,1-2H3. The predicted molar refractivity (Wildman–Crippen MR) is 58.6 cm³/mol. The second-order valence-corrected chi connectivity index (χ2v) is 3.71. The van der Waals surface area contributed by atoms with Crippen LogP contribution in [0.5, 0.6) is 0 Å². The maximum absolute atomic E-state index is 5.12. The number of hydrogen-bond acceptors (Lipinski definition) is 5. The first-order valence-electron chi connectivity index (χ1n) is 5.38. The topological polar surface area (TPSA) is 64.1 Å². The molecule has 0 aliphatic rings. The highest BCUT2D eigenvalue weighted by Crippen LogP contribution is 2.15. The van der Waals surface area contributed by atoms with Crippen molar-refractivity contribution in [1.29, 1.82) is 0 Å². The smallest absolute Gasteiger partial charge is 0.240 e. The summed E-state index contributed by atoms with van der Waals surface area (Å²) in [6, 6.07) is 2.25. The number of nitrogens with zero attached hydrogens (tertiary/aromatic N) is 2. The SMILES string of the molecule is CCC(C)NCc1nc(-c2ccoc2)no1. The number of nitrogens with one attached hydrogen (secondary N) is 1. The minimum atomic E-state index is 0.448. The molecule has 86 valence electrons. The number of aromatic nitrogens is 2. The molecular weight excluding hydrogens is 206 g/mol. The first kappa shape index (κ1) is 10.9. The van der Waals surface area contributed by atoms with Crippen LogP contribution in [0.2, 0.25) is 0 Å². The highest BCUT2D eigenvalue weighted by Gasteiger charge is 2.09. The van der Waals surface area contributed by atoms with E-state index in [9.17, 15) is 0 Å². The first-order chi connectivity index (χ1) is 7.79. The predicted octanol–water partition coefficient (Wildman–Crippen LogP) is 2.22. The van der Waals surface area contributed by atoms with Crippen LogP contribution in [0.1, 0.15) is 26.2 Å². The Hall–Kier alpha value is -1.62. The molecule has 5 heteroatoms. The fraction of sp³-hybridized carbons (Fsp3) is 0.455. The van der Waals surface area contributed by atoms with Crippen molar-refractivity contribution in [1.82, 2.24) is 15.5 Å². The molecule has 0 radical (unpaired) electrons. The molecule has 5 nitrogen and oxygen atoms in total. The van der Waals surface area contributed by atoms with Gasteiger partial charge >= 0.3 is 0 Å². The van der Waals surface area contributed by atoms with Gasteiger partial charge < -0.3 is 14.3 Å². The van der Waals surface area contributed by atoms with Crippen molar-refractivity contribution in [3.05, 3.63) is 24.5 Å². The third kappa shape index (κ3) is 2.49. The molecule has 0 aliphatic carbocycles. The van der Waals surface area contributed by atoms with Crippen molar-refractivity contribution in [2.24, 2.45) is 0 Å². The molecule has 0 saturated carbocycles.